The summed E-state index contributed by atoms with van der Waals surface area (Å²) < 4.78 is 5.26. The summed E-state index contributed by atoms with van der Waals surface area (Å²) in [5.74, 6) is -0.295. The van der Waals surface area contributed by atoms with Crippen molar-refractivity contribution in [2.45, 2.75) is 18.9 Å². The smallest absolute Gasteiger partial charge is 0.251 e. The Hall–Kier alpha value is -1.59. The van der Waals surface area contributed by atoms with E-state index in [0.29, 0.717) is 30.3 Å². The molecule has 1 aromatic rings. The van der Waals surface area contributed by atoms with Crippen LogP contribution in [0.2, 0.25) is 5.02 Å². The zero-order valence-corrected chi connectivity index (χ0v) is 11.8. The van der Waals surface area contributed by atoms with Gasteiger partial charge in [0.2, 0.25) is 5.91 Å². The van der Waals surface area contributed by atoms with Crippen LogP contribution >= 0.6 is 11.6 Å². The fourth-order valence-corrected chi connectivity index (χ4v) is 2.09. The van der Waals surface area contributed by atoms with E-state index in [4.69, 9.17) is 16.3 Å². The Balaban J connectivity index is 1.66. The molecule has 1 unspecified atom stereocenters. The van der Waals surface area contributed by atoms with Crippen LogP contribution in [-0.2, 0) is 9.53 Å². The van der Waals surface area contributed by atoms with E-state index in [1.807, 2.05) is 0 Å². The van der Waals surface area contributed by atoms with Crippen LogP contribution in [0, 0.1) is 0 Å². The number of carbonyl (C=O) groups is 2. The summed E-state index contributed by atoms with van der Waals surface area (Å²) in [6.07, 6.45) is 1.36. The highest BCUT2D eigenvalue weighted by atomic mass is 35.5. The molecular weight excluding hydrogens is 280 g/mol. The monoisotopic (exact) mass is 296 g/mol. The summed E-state index contributed by atoms with van der Waals surface area (Å²) in [7, 11) is 0. The fraction of sp³-hybridized carbons (Fsp3) is 0.429. The molecule has 1 heterocycles. The lowest BCUT2D eigenvalue weighted by molar-refractivity contribution is -0.129. The van der Waals surface area contributed by atoms with Gasteiger partial charge in [0.15, 0.2) is 0 Å². The van der Waals surface area contributed by atoms with Crippen molar-refractivity contribution in [3.8, 4) is 0 Å². The lowest BCUT2D eigenvalue weighted by Crippen LogP contribution is -2.39. The molecule has 0 aliphatic carbocycles. The van der Waals surface area contributed by atoms with E-state index in [2.05, 4.69) is 10.6 Å². The molecule has 1 aliphatic rings. The molecule has 0 radical (unpaired) electrons. The van der Waals surface area contributed by atoms with Gasteiger partial charge in [-0.15, -0.1) is 0 Å². The van der Waals surface area contributed by atoms with Crippen LogP contribution in [0.5, 0.6) is 0 Å². The van der Waals surface area contributed by atoms with Crippen molar-refractivity contribution in [3.63, 3.8) is 0 Å². The van der Waals surface area contributed by atoms with E-state index in [1.165, 1.54) is 0 Å². The quantitative estimate of drug-likeness (QED) is 0.806. The van der Waals surface area contributed by atoms with Gasteiger partial charge in [0.05, 0.1) is 0 Å². The summed E-state index contributed by atoms with van der Waals surface area (Å²) in [4.78, 5) is 23.4. The molecule has 1 saturated heterocycles. The third-order valence-corrected chi connectivity index (χ3v) is 3.29. The van der Waals surface area contributed by atoms with Gasteiger partial charge in [0, 0.05) is 30.3 Å². The molecule has 1 aromatic carbocycles. The molecule has 2 rings (SSSR count). The fourth-order valence-electron chi connectivity index (χ4n) is 1.96. The maximum atomic E-state index is 11.8. The summed E-state index contributed by atoms with van der Waals surface area (Å²) in [6, 6.07) is 6.64. The van der Waals surface area contributed by atoms with Crippen molar-refractivity contribution in [2.24, 2.45) is 0 Å². The Morgan fingerprint density at radius 2 is 1.90 bits per heavy atom. The lowest BCUT2D eigenvalue weighted by Gasteiger charge is -2.10. The number of carbonyl (C=O) groups excluding carboxylic acids is 2. The molecule has 0 saturated carbocycles. The van der Waals surface area contributed by atoms with Crippen molar-refractivity contribution in [1.29, 1.82) is 0 Å². The van der Waals surface area contributed by atoms with Gasteiger partial charge < -0.3 is 15.4 Å². The van der Waals surface area contributed by atoms with Crippen molar-refractivity contribution in [3.05, 3.63) is 34.9 Å². The second kappa shape index (κ2) is 7.26. The number of rotatable bonds is 5. The largest absolute Gasteiger partial charge is 0.368 e. The van der Waals surface area contributed by atoms with E-state index in [0.717, 1.165) is 12.8 Å². The Labute approximate surface area is 122 Å². The Morgan fingerprint density at radius 3 is 2.55 bits per heavy atom. The minimum Gasteiger partial charge on any atom is -0.368 e. The molecule has 1 aliphatic heterocycles. The number of nitrogens with one attached hydrogen (secondary N) is 2. The lowest BCUT2D eigenvalue weighted by atomic mass is 10.2. The zero-order valence-electron chi connectivity index (χ0n) is 11.0. The van der Waals surface area contributed by atoms with E-state index in [-0.39, 0.29) is 17.9 Å². The first kappa shape index (κ1) is 14.8. The van der Waals surface area contributed by atoms with Gasteiger partial charge in [-0.25, -0.2) is 0 Å². The average Bonchev–Trinajstić information content (AvgIpc) is 2.98. The number of benzene rings is 1. The second-order valence-electron chi connectivity index (χ2n) is 4.56. The third-order valence-electron chi connectivity index (χ3n) is 3.04. The standard InChI is InChI=1S/C14H17ClN2O3/c15-11-5-3-10(4-6-11)13(18)16-7-8-17-14(19)12-2-1-9-20-12/h3-6,12H,1-2,7-9H2,(H,16,18)(H,17,19). The number of hydrogen-bond acceptors (Lipinski definition) is 3. The third kappa shape index (κ3) is 4.21. The predicted molar refractivity (Wildman–Crippen MR) is 75.8 cm³/mol. The SMILES string of the molecule is O=C(NCCNC(=O)C1CCCO1)c1ccc(Cl)cc1. The van der Waals surface area contributed by atoms with Gasteiger partial charge in [0.25, 0.3) is 5.91 Å². The Morgan fingerprint density at radius 1 is 1.20 bits per heavy atom. The van der Waals surface area contributed by atoms with Gasteiger partial charge in [-0.3, -0.25) is 9.59 Å². The highest BCUT2D eigenvalue weighted by molar-refractivity contribution is 6.30. The van der Waals surface area contributed by atoms with Gasteiger partial charge in [-0.05, 0) is 37.1 Å². The van der Waals surface area contributed by atoms with Gasteiger partial charge in [0.1, 0.15) is 6.10 Å². The summed E-state index contributed by atoms with van der Waals surface area (Å²) in [5.41, 5.74) is 0.542. The number of hydrogen-bond donors (Lipinski definition) is 2. The van der Waals surface area contributed by atoms with E-state index in [1.54, 1.807) is 24.3 Å². The molecule has 0 bridgehead atoms. The highest BCUT2D eigenvalue weighted by Crippen LogP contribution is 2.11. The molecule has 1 atom stereocenters. The minimum atomic E-state index is -0.332. The minimum absolute atomic E-state index is 0.108. The number of halogens is 1. The second-order valence-corrected chi connectivity index (χ2v) is 4.99. The molecule has 6 heteroatoms. The Bertz CT molecular complexity index is 470. The molecule has 108 valence electrons. The van der Waals surface area contributed by atoms with Crippen molar-refractivity contribution >= 4 is 23.4 Å². The molecule has 0 aromatic heterocycles. The first-order valence-corrected chi connectivity index (χ1v) is 6.97. The molecule has 2 N–H and O–H groups in total. The summed E-state index contributed by atoms with van der Waals surface area (Å²) in [6.45, 7) is 1.41. The van der Waals surface area contributed by atoms with Gasteiger partial charge in [-0.1, -0.05) is 11.6 Å². The number of amides is 2. The first-order chi connectivity index (χ1) is 9.66. The van der Waals surface area contributed by atoms with Gasteiger partial charge in [-0.2, -0.15) is 0 Å². The van der Waals surface area contributed by atoms with Crippen LogP contribution < -0.4 is 10.6 Å². The number of ether oxygens (including phenoxy) is 1. The topological polar surface area (TPSA) is 67.4 Å². The zero-order chi connectivity index (χ0) is 14.4. The van der Waals surface area contributed by atoms with Gasteiger partial charge >= 0.3 is 0 Å². The maximum Gasteiger partial charge on any atom is 0.251 e. The first-order valence-electron chi connectivity index (χ1n) is 6.60. The van der Waals surface area contributed by atoms with E-state index < -0.39 is 0 Å². The van der Waals surface area contributed by atoms with Crippen molar-refractivity contribution in [2.75, 3.05) is 19.7 Å². The summed E-state index contributed by atoms with van der Waals surface area (Å²) in [5, 5.41) is 6.06. The van der Waals surface area contributed by atoms with Crippen LogP contribution in [0.4, 0.5) is 0 Å². The van der Waals surface area contributed by atoms with Crippen LogP contribution in [0.15, 0.2) is 24.3 Å². The van der Waals surface area contributed by atoms with E-state index >= 15 is 0 Å². The predicted octanol–water partition coefficient (Wildman–Crippen LogP) is 1.37. The van der Waals surface area contributed by atoms with Crippen LogP contribution in [0.3, 0.4) is 0 Å². The van der Waals surface area contributed by atoms with Crippen molar-refractivity contribution in [1.82, 2.24) is 10.6 Å². The van der Waals surface area contributed by atoms with Crippen LogP contribution in [0.1, 0.15) is 23.2 Å². The molecule has 0 spiro atoms. The summed E-state index contributed by atoms with van der Waals surface area (Å²) >= 11 is 5.75. The molecule has 2 amide bonds. The van der Waals surface area contributed by atoms with Crippen LogP contribution in [-0.4, -0.2) is 37.6 Å². The maximum absolute atomic E-state index is 11.8. The molecule has 5 nitrogen and oxygen atoms in total. The highest BCUT2D eigenvalue weighted by Gasteiger charge is 2.22. The molecule has 1 fully saturated rings. The normalized spacial score (nSPS) is 17.8. The van der Waals surface area contributed by atoms with Crippen molar-refractivity contribution < 1.29 is 14.3 Å². The molecular formula is C14H17ClN2O3. The Kier molecular flexibility index (Phi) is 5.38. The average molecular weight is 297 g/mol. The van der Waals surface area contributed by atoms with Crippen LogP contribution in [0.25, 0.3) is 0 Å². The van der Waals surface area contributed by atoms with E-state index in [9.17, 15) is 9.59 Å². The molecule has 20 heavy (non-hydrogen) atoms.